The number of para-hydroxylation sites is 1. The smallest absolute Gasteiger partial charge is 0.290 e. The second-order valence-corrected chi connectivity index (χ2v) is 9.17. The van der Waals surface area contributed by atoms with Gasteiger partial charge in [0.25, 0.3) is 11.1 Å². The van der Waals surface area contributed by atoms with E-state index >= 15 is 0 Å². The number of aromatic nitrogens is 1. The van der Waals surface area contributed by atoms with Gasteiger partial charge in [0.15, 0.2) is 0 Å². The number of imide groups is 1. The minimum Gasteiger partial charge on any atom is -0.494 e. The maximum absolute atomic E-state index is 12.0. The minimum atomic E-state index is -0.338. The van der Waals surface area contributed by atoms with Crippen LogP contribution in [0, 0.1) is 0 Å². The molecule has 0 radical (unpaired) electrons. The van der Waals surface area contributed by atoms with E-state index in [4.69, 9.17) is 4.74 Å². The molecule has 5 nitrogen and oxygen atoms in total. The Morgan fingerprint density at radius 2 is 1.71 bits per heavy atom. The molecule has 1 fully saturated rings. The van der Waals surface area contributed by atoms with Gasteiger partial charge in [0, 0.05) is 29.2 Å². The van der Waals surface area contributed by atoms with Crippen molar-refractivity contribution < 1.29 is 14.3 Å². The van der Waals surface area contributed by atoms with Gasteiger partial charge in [0.2, 0.25) is 0 Å². The fraction of sp³-hybridized carbons (Fsp3) is 0.143. The molecule has 1 aromatic heterocycles. The van der Waals surface area contributed by atoms with Crippen molar-refractivity contribution in [2.75, 3.05) is 6.61 Å². The Kier molecular flexibility index (Phi) is 6.49. The fourth-order valence-electron chi connectivity index (χ4n) is 4.14. The highest BCUT2D eigenvalue weighted by atomic mass is 32.2. The van der Waals surface area contributed by atoms with Crippen LogP contribution < -0.4 is 10.1 Å². The molecule has 2 heterocycles. The number of ether oxygens (including phenoxy) is 1. The van der Waals surface area contributed by atoms with Crippen molar-refractivity contribution in [3.05, 3.63) is 107 Å². The van der Waals surface area contributed by atoms with Gasteiger partial charge in [0.1, 0.15) is 5.75 Å². The second kappa shape index (κ2) is 10.0. The molecule has 1 aliphatic heterocycles. The van der Waals surface area contributed by atoms with Crippen LogP contribution in [0.25, 0.3) is 17.0 Å². The lowest BCUT2D eigenvalue weighted by Gasteiger charge is -2.09. The number of fused-ring (bicyclic) bond motifs is 1. The van der Waals surface area contributed by atoms with Crippen LogP contribution in [0.4, 0.5) is 4.79 Å². The standard InChI is InChI=1S/C28H24N2O3S/c31-27-26(34-28(32)29-27)18-22-19-30(25-13-5-4-12-24(22)25)14-7-15-33-23-11-6-10-21(17-23)16-20-8-2-1-3-9-20/h1-6,8-13,17-19H,7,14-16H2,(H,29,31,32). The molecule has 0 aliphatic carbocycles. The van der Waals surface area contributed by atoms with Crippen molar-refractivity contribution in [1.29, 1.82) is 0 Å². The Hall–Kier alpha value is -3.77. The zero-order valence-electron chi connectivity index (χ0n) is 18.6. The summed E-state index contributed by atoms with van der Waals surface area (Å²) >= 11 is 0.939. The number of aryl methyl sites for hydroxylation is 1. The Morgan fingerprint density at radius 1 is 0.912 bits per heavy atom. The van der Waals surface area contributed by atoms with E-state index in [9.17, 15) is 9.59 Å². The number of nitrogens with one attached hydrogen (secondary N) is 1. The summed E-state index contributed by atoms with van der Waals surface area (Å²) in [5.74, 6) is 0.542. The topological polar surface area (TPSA) is 60.3 Å². The van der Waals surface area contributed by atoms with E-state index in [1.165, 1.54) is 11.1 Å². The molecule has 1 aliphatic rings. The number of hydrogen-bond acceptors (Lipinski definition) is 4. The van der Waals surface area contributed by atoms with Crippen molar-refractivity contribution >= 4 is 39.9 Å². The number of thioether (sulfide) groups is 1. The fourth-order valence-corrected chi connectivity index (χ4v) is 4.81. The predicted octanol–water partition coefficient (Wildman–Crippen LogP) is 6.03. The van der Waals surface area contributed by atoms with Gasteiger partial charge >= 0.3 is 0 Å². The predicted molar refractivity (Wildman–Crippen MR) is 137 cm³/mol. The van der Waals surface area contributed by atoms with Gasteiger partial charge in [-0.05, 0) is 60.0 Å². The van der Waals surface area contributed by atoms with Crippen LogP contribution in [-0.4, -0.2) is 22.3 Å². The molecular weight excluding hydrogens is 444 g/mol. The van der Waals surface area contributed by atoms with Crippen molar-refractivity contribution in [3.63, 3.8) is 0 Å². The molecule has 0 saturated carbocycles. The van der Waals surface area contributed by atoms with E-state index in [0.29, 0.717) is 11.5 Å². The number of amides is 2. The molecule has 170 valence electrons. The van der Waals surface area contributed by atoms with Crippen molar-refractivity contribution in [2.45, 2.75) is 19.4 Å². The zero-order chi connectivity index (χ0) is 23.3. The Balaban J connectivity index is 1.23. The van der Waals surface area contributed by atoms with Gasteiger partial charge < -0.3 is 9.30 Å². The summed E-state index contributed by atoms with van der Waals surface area (Å²) < 4.78 is 8.22. The average Bonchev–Trinajstić information content (AvgIpc) is 3.36. The lowest BCUT2D eigenvalue weighted by atomic mass is 10.1. The first-order valence-electron chi connectivity index (χ1n) is 11.2. The summed E-state index contributed by atoms with van der Waals surface area (Å²) in [5.41, 5.74) is 4.53. The number of nitrogens with zero attached hydrogens (tertiary/aromatic N) is 1. The van der Waals surface area contributed by atoms with Crippen LogP contribution in [0.1, 0.15) is 23.1 Å². The SMILES string of the molecule is O=C1NC(=O)C(=Cc2cn(CCCOc3cccc(Cc4ccccc4)c3)c3ccccc23)S1. The molecule has 1 N–H and O–H groups in total. The van der Waals surface area contributed by atoms with E-state index in [1.807, 2.05) is 42.6 Å². The normalized spacial score (nSPS) is 14.6. The molecule has 0 spiro atoms. The third-order valence-electron chi connectivity index (χ3n) is 5.71. The van der Waals surface area contributed by atoms with Gasteiger partial charge in [0.05, 0.1) is 11.5 Å². The van der Waals surface area contributed by atoms with Gasteiger partial charge in [-0.2, -0.15) is 0 Å². The number of carbonyl (C=O) groups excluding carboxylic acids is 2. The summed E-state index contributed by atoms with van der Waals surface area (Å²) in [6, 6.07) is 26.8. The largest absolute Gasteiger partial charge is 0.494 e. The summed E-state index contributed by atoms with van der Waals surface area (Å²) in [6.07, 6.45) is 5.55. The molecule has 0 bridgehead atoms. The molecule has 2 amide bonds. The third-order valence-corrected chi connectivity index (χ3v) is 6.52. The van der Waals surface area contributed by atoms with Crippen molar-refractivity contribution in [1.82, 2.24) is 9.88 Å². The molecule has 4 aromatic rings. The molecule has 1 saturated heterocycles. The lowest BCUT2D eigenvalue weighted by molar-refractivity contribution is -0.115. The van der Waals surface area contributed by atoms with Crippen molar-refractivity contribution in [3.8, 4) is 5.75 Å². The van der Waals surface area contributed by atoms with E-state index < -0.39 is 0 Å². The molecule has 0 atom stereocenters. The molecule has 34 heavy (non-hydrogen) atoms. The average molecular weight is 469 g/mol. The van der Waals surface area contributed by atoms with Crippen LogP contribution >= 0.6 is 11.8 Å². The summed E-state index contributed by atoms with van der Waals surface area (Å²) in [5, 5.41) is 3.03. The van der Waals surface area contributed by atoms with E-state index in [0.717, 1.165) is 53.4 Å². The van der Waals surface area contributed by atoms with Crippen molar-refractivity contribution in [2.24, 2.45) is 0 Å². The van der Waals surface area contributed by atoms with Crippen LogP contribution in [0.3, 0.4) is 0 Å². The molecule has 6 heteroatoms. The van der Waals surface area contributed by atoms with E-state index in [-0.39, 0.29) is 11.1 Å². The quantitative estimate of drug-likeness (QED) is 0.254. The monoisotopic (exact) mass is 468 g/mol. The maximum Gasteiger partial charge on any atom is 0.290 e. The highest BCUT2D eigenvalue weighted by Gasteiger charge is 2.25. The van der Waals surface area contributed by atoms with Gasteiger partial charge in [-0.15, -0.1) is 0 Å². The third kappa shape index (κ3) is 5.07. The molecular formula is C28H24N2O3S. The van der Waals surface area contributed by atoms with Crippen LogP contribution in [0.15, 0.2) is 90.0 Å². The number of carbonyl (C=O) groups is 2. The molecule has 5 rings (SSSR count). The highest BCUT2D eigenvalue weighted by molar-refractivity contribution is 8.18. The first kappa shape index (κ1) is 22.0. The first-order chi connectivity index (χ1) is 16.7. The second-order valence-electron chi connectivity index (χ2n) is 8.16. The zero-order valence-corrected chi connectivity index (χ0v) is 19.4. The maximum atomic E-state index is 12.0. The summed E-state index contributed by atoms with van der Waals surface area (Å²) in [7, 11) is 0. The number of hydrogen-bond donors (Lipinski definition) is 1. The van der Waals surface area contributed by atoms with E-state index in [1.54, 1.807) is 6.08 Å². The van der Waals surface area contributed by atoms with Crippen LogP contribution in [0.5, 0.6) is 5.75 Å². The van der Waals surface area contributed by atoms with Crippen LogP contribution in [0.2, 0.25) is 0 Å². The van der Waals surface area contributed by atoms with Crippen LogP contribution in [-0.2, 0) is 17.8 Å². The first-order valence-corrected chi connectivity index (χ1v) is 12.1. The summed E-state index contributed by atoms with van der Waals surface area (Å²) in [4.78, 5) is 23.9. The molecule has 0 unspecified atom stereocenters. The molecule has 3 aromatic carbocycles. The number of rotatable bonds is 8. The Bertz CT molecular complexity index is 1370. The van der Waals surface area contributed by atoms with Gasteiger partial charge in [-0.1, -0.05) is 60.7 Å². The van der Waals surface area contributed by atoms with E-state index in [2.05, 4.69) is 52.3 Å². The summed E-state index contributed by atoms with van der Waals surface area (Å²) in [6.45, 7) is 1.39. The van der Waals surface area contributed by atoms with Gasteiger partial charge in [-0.3, -0.25) is 14.9 Å². The minimum absolute atomic E-state index is 0.329. The Labute approximate surface area is 202 Å². The lowest BCUT2D eigenvalue weighted by Crippen LogP contribution is -2.17. The highest BCUT2D eigenvalue weighted by Crippen LogP contribution is 2.29. The Morgan fingerprint density at radius 3 is 2.53 bits per heavy atom. The van der Waals surface area contributed by atoms with Gasteiger partial charge in [-0.25, -0.2) is 0 Å². The number of benzene rings is 3.